The number of pyridine rings is 1. The molecule has 1 aromatic rings. The fraction of sp³-hybridized carbons (Fsp3) is 0.462. The number of oxime groups is 1. The molecule has 0 aliphatic carbocycles. The molecule has 1 aliphatic rings. The molecule has 0 radical (unpaired) electrons. The number of carbonyl (C=O) groups excluding carboxylic acids is 1. The first kappa shape index (κ1) is 13.5. The SMILES string of the molecule is C/C(=N\OC1CCCCO1)c1cc(C(N)=O)ccn1. The number of carbonyl (C=O) groups is 1. The van der Waals surface area contributed by atoms with Crippen molar-refractivity contribution >= 4 is 11.6 Å². The van der Waals surface area contributed by atoms with Gasteiger partial charge in [0.1, 0.15) is 5.71 Å². The van der Waals surface area contributed by atoms with E-state index in [0.717, 1.165) is 19.3 Å². The summed E-state index contributed by atoms with van der Waals surface area (Å²) in [5, 5.41) is 4.00. The molecular formula is C13H17N3O3. The second-order valence-electron chi connectivity index (χ2n) is 4.37. The quantitative estimate of drug-likeness (QED) is 0.658. The number of nitrogens with zero attached hydrogens (tertiary/aromatic N) is 2. The lowest BCUT2D eigenvalue weighted by Gasteiger charge is -2.20. The van der Waals surface area contributed by atoms with Crippen LogP contribution < -0.4 is 5.73 Å². The van der Waals surface area contributed by atoms with Gasteiger partial charge in [-0.15, -0.1) is 0 Å². The molecule has 102 valence electrons. The van der Waals surface area contributed by atoms with E-state index in [1.807, 2.05) is 0 Å². The van der Waals surface area contributed by atoms with E-state index >= 15 is 0 Å². The van der Waals surface area contributed by atoms with Crippen molar-refractivity contribution in [3.8, 4) is 0 Å². The molecule has 1 aromatic heterocycles. The number of amides is 1. The Morgan fingerprint density at radius 3 is 3.11 bits per heavy atom. The molecule has 6 heteroatoms. The first-order valence-corrected chi connectivity index (χ1v) is 6.25. The molecule has 19 heavy (non-hydrogen) atoms. The Bertz CT molecular complexity index is 482. The van der Waals surface area contributed by atoms with Crippen LogP contribution >= 0.6 is 0 Å². The average molecular weight is 263 g/mol. The third-order valence-electron chi connectivity index (χ3n) is 2.86. The molecule has 0 saturated carbocycles. The zero-order valence-corrected chi connectivity index (χ0v) is 10.8. The Morgan fingerprint density at radius 1 is 1.58 bits per heavy atom. The van der Waals surface area contributed by atoms with E-state index in [1.165, 1.54) is 6.20 Å². The molecule has 1 fully saturated rings. The lowest BCUT2D eigenvalue weighted by atomic mass is 10.2. The largest absolute Gasteiger partial charge is 0.366 e. The van der Waals surface area contributed by atoms with Gasteiger partial charge in [-0.05, 0) is 31.9 Å². The molecule has 6 nitrogen and oxygen atoms in total. The topological polar surface area (TPSA) is 86.8 Å². The summed E-state index contributed by atoms with van der Waals surface area (Å²) in [7, 11) is 0. The first-order chi connectivity index (χ1) is 9.16. The highest BCUT2D eigenvalue weighted by Gasteiger charge is 2.15. The average Bonchev–Trinajstić information content (AvgIpc) is 2.46. The van der Waals surface area contributed by atoms with Crippen LogP contribution in [0.1, 0.15) is 42.2 Å². The summed E-state index contributed by atoms with van der Waals surface area (Å²) in [6.07, 6.45) is 4.21. The van der Waals surface area contributed by atoms with Crippen molar-refractivity contribution in [2.24, 2.45) is 10.9 Å². The fourth-order valence-electron chi connectivity index (χ4n) is 1.76. The second kappa shape index (κ2) is 6.29. The smallest absolute Gasteiger partial charge is 0.248 e. The molecule has 1 amide bonds. The molecule has 0 bridgehead atoms. The van der Waals surface area contributed by atoms with E-state index in [-0.39, 0.29) is 6.29 Å². The van der Waals surface area contributed by atoms with Crippen LogP contribution in [0.25, 0.3) is 0 Å². The van der Waals surface area contributed by atoms with E-state index < -0.39 is 5.91 Å². The maximum absolute atomic E-state index is 11.1. The standard InChI is InChI=1S/C13H17N3O3/c1-9(16-19-12-4-2-3-7-18-12)11-8-10(13(14)17)5-6-15-11/h5-6,8,12H,2-4,7H2,1H3,(H2,14,17)/b16-9+. The van der Waals surface area contributed by atoms with Crippen LogP contribution in [0.4, 0.5) is 0 Å². The van der Waals surface area contributed by atoms with Gasteiger partial charge in [0, 0.05) is 18.2 Å². The van der Waals surface area contributed by atoms with Gasteiger partial charge in [-0.2, -0.15) is 0 Å². The van der Waals surface area contributed by atoms with Gasteiger partial charge in [-0.25, -0.2) is 0 Å². The molecule has 2 N–H and O–H groups in total. The molecule has 2 heterocycles. The summed E-state index contributed by atoms with van der Waals surface area (Å²) < 4.78 is 5.40. The summed E-state index contributed by atoms with van der Waals surface area (Å²) in [6.45, 7) is 2.46. The number of hydrogen-bond acceptors (Lipinski definition) is 5. The number of nitrogens with two attached hydrogens (primary N) is 1. The number of aromatic nitrogens is 1. The maximum atomic E-state index is 11.1. The van der Waals surface area contributed by atoms with Gasteiger partial charge >= 0.3 is 0 Å². The maximum Gasteiger partial charge on any atom is 0.248 e. The van der Waals surface area contributed by atoms with Gasteiger partial charge in [-0.3, -0.25) is 9.78 Å². The Labute approximate surface area is 111 Å². The second-order valence-corrected chi connectivity index (χ2v) is 4.37. The van der Waals surface area contributed by atoms with Gasteiger partial charge in [0.05, 0.1) is 12.3 Å². The third-order valence-corrected chi connectivity index (χ3v) is 2.86. The van der Waals surface area contributed by atoms with Crippen molar-refractivity contribution in [2.45, 2.75) is 32.5 Å². The highest BCUT2D eigenvalue weighted by Crippen LogP contribution is 2.14. The first-order valence-electron chi connectivity index (χ1n) is 6.25. The summed E-state index contributed by atoms with van der Waals surface area (Å²) in [5.41, 5.74) is 6.76. The van der Waals surface area contributed by atoms with E-state index in [2.05, 4.69) is 10.1 Å². The van der Waals surface area contributed by atoms with E-state index in [0.29, 0.717) is 23.6 Å². The van der Waals surface area contributed by atoms with Gasteiger partial charge in [0.25, 0.3) is 0 Å². The van der Waals surface area contributed by atoms with Crippen molar-refractivity contribution in [1.29, 1.82) is 0 Å². The van der Waals surface area contributed by atoms with Crippen molar-refractivity contribution in [3.05, 3.63) is 29.6 Å². The monoisotopic (exact) mass is 263 g/mol. The van der Waals surface area contributed by atoms with Crippen molar-refractivity contribution in [2.75, 3.05) is 6.61 Å². The zero-order chi connectivity index (χ0) is 13.7. The van der Waals surface area contributed by atoms with E-state index in [1.54, 1.807) is 19.1 Å². The van der Waals surface area contributed by atoms with Crippen molar-refractivity contribution < 1.29 is 14.4 Å². The number of ether oxygens (including phenoxy) is 1. The highest BCUT2D eigenvalue weighted by atomic mass is 16.8. The minimum Gasteiger partial charge on any atom is -0.366 e. The lowest BCUT2D eigenvalue weighted by Crippen LogP contribution is -2.20. The van der Waals surface area contributed by atoms with E-state index in [9.17, 15) is 4.79 Å². The predicted octanol–water partition coefficient (Wildman–Crippen LogP) is 1.45. The summed E-state index contributed by atoms with van der Waals surface area (Å²) in [5.74, 6) is -0.493. The van der Waals surface area contributed by atoms with Crippen LogP contribution in [-0.4, -0.2) is 29.5 Å². The van der Waals surface area contributed by atoms with E-state index in [4.69, 9.17) is 15.3 Å². The zero-order valence-electron chi connectivity index (χ0n) is 10.8. The van der Waals surface area contributed by atoms with Gasteiger partial charge in [-0.1, -0.05) is 5.16 Å². The van der Waals surface area contributed by atoms with Crippen LogP contribution in [0, 0.1) is 0 Å². The van der Waals surface area contributed by atoms with Gasteiger partial charge < -0.3 is 15.3 Å². The van der Waals surface area contributed by atoms with Gasteiger partial charge in [0.15, 0.2) is 0 Å². The Hall–Kier alpha value is -1.95. The van der Waals surface area contributed by atoms with Crippen LogP contribution in [-0.2, 0) is 9.57 Å². The molecular weight excluding hydrogens is 246 g/mol. The molecule has 2 rings (SSSR count). The Kier molecular flexibility index (Phi) is 4.46. The lowest BCUT2D eigenvalue weighted by molar-refractivity contribution is -0.162. The summed E-state index contributed by atoms with van der Waals surface area (Å²) in [4.78, 5) is 20.5. The Morgan fingerprint density at radius 2 is 2.42 bits per heavy atom. The number of rotatable bonds is 4. The number of primary amides is 1. The molecule has 1 saturated heterocycles. The molecule has 1 unspecified atom stereocenters. The minimum atomic E-state index is -0.493. The normalized spacial score (nSPS) is 20.1. The molecule has 1 atom stereocenters. The van der Waals surface area contributed by atoms with Crippen LogP contribution in [0.3, 0.4) is 0 Å². The minimum absolute atomic E-state index is 0.289. The summed E-state index contributed by atoms with van der Waals surface area (Å²) >= 11 is 0. The fourth-order valence-corrected chi connectivity index (χ4v) is 1.76. The van der Waals surface area contributed by atoms with Crippen LogP contribution in [0.5, 0.6) is 0 Å². The van der Waals surface area contributed by atoms with Crippen LogP contribution in [0.2, 0.25) is 0 Å². The predicted molar refractivity (Wildman–Crippen MR) is 69.6 cm³/mol. The Balaban J connectivity index is 2.03. The molecule has 0 aromatic carbocycles. The van der Waals surface area contributed by atoms with Gasteiger partial charge in [0.2, 0.25) is 12.2 Å². The number of hydrogen-bond donors (Lipinski definition) is 1. The van der Waals surface area contributed by atoms with Crippen LogP contribution in [0.15, 0.2) is 23.5 Å². The highest BCUT2D eigenvalue weighted by molar-refractivity contribution is 6.00. The summed E-state index contributed by atoms with van der Waals surface area (Å²) in [6, 6.07) is 3.15. The third kappa shape index (κ3) is 3.75. The molecule has 1 aliphatic heterocycles. The van der Waals surface area contributed by atoms with Crippen molar-refractivity contribution in [3.63, 3.8) is 0 Å². The molecule has 0 spiro atoms. The van der Waals surface area contributed by atoms with Crippen molar-refractivity contribution in [1.82, 2.24) is 4.98 Å².